The molecule has 94 valence electrons. The van der Waals surface area contributed by atoms with Crippen molar-refractivity contribution in [3.05, 3.63) is 29.8 Å². The number of carbonyl (C=O) groups excluding carboxylic acids is 3. The number of rotatable bonds is 1. The van der Waals surface area contributed by atoms with Gasteiger partial charge in [0, 0.05) is 0 Å². The molecule has 0 radical (unpaired) electrons. The molecule has 1 N–H and O–H groups in total. The van der Waals surface area contributed by atoms with Gasteiger partial charge in [0.15, 0.2) is 0 Å². The van der Waals surface area contributed by atoms with Crippen LogP contribution in [0.2, 0.25) is 0 Å². The highest BCUT2D eigenvalue weighted by Gasteiger charge is 2.43. The number of amides is 4. The van der Waals surface area contributed by atoms with Gasteiger partial charge in [-0.2, -0.15) is 13.2 Å². The number of para-hydroxylation sites is 1. The minimum absolute atomic E-state index is 0.172. The molecule has 1 aliphatic heterocycles. The van der Waals surface area contributed by atoms with Crippen LogP contribution in [0.1, 0.15) is 5.56 Å². The Morgan fingerprint density at radius 1 is 1.06 bits per heavy atom. The van der Waals surface area contributed by atoms with Gasteiger partial charge in [-0.3, -0.25) is 14.9 Å². The zero-order chi connectivity index (χ0) is 13.5. The SMILES string of the molecule is O=C1NC(=O)N(c2ccccc2C(F)(F)F)C1=O. The van der Waals surface area contributed by atoms with Gasteiger partial charge in [-0.1, -0.05) is 12.1 Å². The fourth-order valence-corrected chi connectivity index (χ4v) is 1.53. The van der Waals surface area contributed by atoms with Gasteiger partial charge in [-0.25, -0.2) is 9.69 Å². The summed E-state index contributed by atoms with van der Waals surface area (Å²) in [6, 6.07) is 2.82. The first-order valence-corrected chi connectivity index (χ1v) is 4.68. The van der Waals surface area contributed by atoms with Crippen molar-refractivity contribution in [2.75, 3.05) is 4.90 Å². The van der Waals surface area contributed by atoms with Gasteiger partial charge in [0.2, 0.25) is 0 Å². The maximum atomic E-state index is 12.7. The maximum absolute atomic E-state index is 12.7. The summed E-state index contributed by atoms with van der Waals surface area (Å²) >= 11 is 0. The van der Waals surface area contributed by atoms with E-state index < -0.39 is 35.3 Å². The van der Waals surface area contributed by atoms with Crippen LogP contribution >= 0.6 is 0 Å². The van der Waals surface area contributed by atoms with E-state index in [1.54, 1.807) is 5.32 Å². The van der Waals surface area contributed by atoms with Gasteiger partial charge in [-0.05, 0) is 12.1 Å². The third kappa shape index (κ3) is 1.81. The van der Waals surface area contributed by atoms with Crippen LogP contribution in [0.15, 0.2) is 24.3 Å². The summed E-state index contributed by atoms with van der Waals surface area (Å²) in [6.45, 7) is 0. The molecule has 0 aliphatic carbocycles. The number of anilines is 1. The lowest BCUT2D eigenvalue weighted by molar-refractivity contribution is -0.137. The fourth-order valence-electron chi connectivity index (χ4n) is 1.53. The van der Waals surface area contributed by atoms with Gasteiger partial charge in [-0.15, -0.1) is 0 Å². The summed E-state index contributed by atoms with van der Waals surface area (Å²) in [6.07, 6.45) is -4.73. The standard InChI is InChI=1S/C10H5F3N2O3/c11-10(12,13)5-3-1-2-4-6(5)15-8(17)7(16)14-9(15)18/h1-4H,(H,14,16,18). The first-order chi connectivity index (χ1) is 8.32. The molecule has 1 heterocycles. The Morgan fingerprint density at radius 2 is 1.67 bits per heavy atom. The van der Waals surface area contributed by atoms with Crippen molar-refractivity contribution in [3.8, 4) is 0 Å². The number of carbonyl (C=O) groups is 3. The number of nitrogens with one attached hydrogen (secondary N) is 1. The van der Waals surface area contributed by atoms with E-state index in [4.69, 9.17) is 0 Å². The Bertz CT molecular complexity index is 554. The van der Waals surface area contributed by atoms with Crippen LogP contribution in [0, 0.1) is 0 Å². The Labute approximate surface area is 98.2 Å². The highest BCUT2D eigenvalue weighted by Crippen LogP contribution is 2.37. The zero-order valence-corrected chi connectivity index (χ0v) is 8.62. The summed E-state index contributed by atoms with van der Waals surface area (Å²) in [5.41, 5.74) is -1.83. The van der Waals surface area contributed by atoms with E-state index in [-0.39, 0.29) is 4.90 Å². The molecule has 4 amide bonds. The Morgan fingerprint density at radius 3 is 2.17 bits per heavy atom. The summed E-state index contributed by atoms with van der Waals surface area (Å²) in [5, 5.41) is 1.62. The average Bonchev–Trinajstić information content (AvgIpc) is 2.52. The normalized spacial score (nSPS) is 16.2. The molecule has 8 heteroatoms. The molecule has 18 heavy (non-hydrogen) atoms. The Kier molecular flexibility index (Phi) is 2.57. The molecule has 1 fully saturated rings. The second kappa shape index (κ2) is 3.83. The number of alkyl halides is 3. The zero-order valence-electron chi connectivity index (χ0n) is 8.62. The van der Waals surface area contributed by atoms with Crippen molar-refractivity contribution in [2.45, 2.75) is 6.18 Å². The first kappa shape index (κ1) is 12.1. The maximum Gasteiger partial charge on any atom is 0.418 e. The lowest BCUT2D eigenvalue weighted by atomic mass is 10.1. The summed E-state index contributed by atoms with van der Waals surface area (Å²) < 4.78 is 38.1. The molecule has 0 unspecified atom stereocenters. The van der Waals surface area contributed by atoms with Crippen molar-refractivity contribution in [1.82, 2.24) is 5.32 Å². The van der Waals surface area contributed by atoms with Crippen LogP contribution < -0.4 is 10.2 Å². The van der Waals surface area contributed by atoms with E-state index in [9.17, 15) is 27.6 Å². The Balaban J connectivity index is 2.56. The number of halogens is 3. The van der Waals surface area contributed by atoms with Crippen LogP contribution in [-0.2, 0) is 15.8 Å². The lowest BCUT2D eigenvalue weighted by Crippen LogP contribution is -2.32. The van der Waals surface area contributed by atoms with Crippen molar-refractivity contribution < 1.29 is 27.6 Å². The predicted molar refractivity (Wildman–Crippen MR) is 52.5 cm³/mol. The monoisotopic (exact) mass is 258 g/mol. The molecule has 1 aromatic carbocycles. The third-order valence-corrected chi connectivity index (χ3v) is 2.27. The van der Waals surface area contributed by atoms with Gasteiger partial charge >= 0.3 is 24.0 Å². The lowest BCUT2D eigenvalue weighted by Gasteiger charge is -2.17. The molecule has 1 saturated heterocycles. The van der Waals surface area contributed by atoms with E-state index in [0.717, 1.165) is 18.2 Å². The molecule has 0 aromatic heterocycles. The smallest absolute Gasteiger partial charge is 0.269 e. The van der Waals surface area contributed by atoms with Crippen LogP contribution in [0.3, 0.4) is 0 Å². The van der Waals surface area contributed by atoms with Crippen LogP contribution in [-0.4, -0.2) is 17.8 Å². The molecule has 0 atom stereocenters. The molecule has 0 bridgehead atoms. The van der Waals surface area contributed by atoms with Gasteiger partial charge in [0.25, 0.3) is 0 Å². The highest BCUT2D eigenvalue weighted by molar-refractivity contribution is 6.53. The van der Waals surface area contributed by atoms with E-state index in [1.807, 2.05) is 0 Å². The van der Waals surface area contributed by atoms with E-state index in [1.165, 1.54) is 6.07 Å². The molecular weight excluding hydrogens is 253 g/mol. The van der Waals surface area contributed by atoms with Crippen LogP contribution in [0.5, 0.6) is 0 Å². The van der Waals surface area contributed by atoms with Crippen LogP contribution in [0.4, 0.5) is 23.7 Å². The first-order valence-electron chi connectivity index (χ1n) is 4.68. The summed E-state index contributed by atoms with van der Waals surface area (Å²) in [7, 11) is 0. The minimum Gasteiger partial charge on any atom is -0.269 e. The second-order valence-corrected chi connectivity index (χ2v) is 3.41. The van der Waals surface area contributed by atoms with E-state index in [0.29, 0.717) is 0 Å². The predicted octanol–water partition coefficient (Wildman–Crippen LogP) is 1.29. The molecule has 0 spiro atoms. The number of benzene rings is 1. The molecule has 5 nitrogen and oxygen atoms in total. The summed E-state index contributed by atoms with van der Waals surface area (Å²) in [5.74, 6) is -2.59. The van der Waals surface area contributed by atoms with Crippen molar-refractivity contribution in [3.63, 3.8) is 0 Å². The number of hydrogen-bond acceptors (Lipinski definition) is 3. The number of hydrogen-bond donors (Lipinski definition) is 1. The quantitative estimate of drug-likeness (QED) is 0.609. The van der Waals surface area contributed by atoms with Crippen molar-refractivity contribution >= 4 is 23.5 Å². The van der Waals surface area contributed by atoms with Crippen molar-refractivity contribution in [2.24, 2.45) is 0 Å². The molecule has 1 aromatic rings. The molecule has 1 aliphatic rings. The summed E-state index contributed by atoms with van der Waals surface area (Å²) in [4.78, 5) is 33.7. The third-order valence-electron chi connectivity index (χ3n) is 2.27. The number of nitrogens with zero attached hydrogens (tertiary/aromatic N) is 1. The minimum atomic E-state index is -4.73. The van der Waals surface area contributed by atoms with E-state index in [2.05, 4.69) is 0 Å². The number of imide groups is 2. The number of urea groups is 1. The van der Waals surface area contributed by atoms with Gasteiger partial charge in [0.1, 0.15) is 0 Å². The largest absolute Gasteiger partial charge is 0.418 e. The highest BCUT2D eigenvalue weighted by atomic mass is 19.4. The van der Waals surface area contributed by atoms with Gasteiger partial charge < -0.3 is 0 Å². The fraction of sp³-hybridized carbons (Fsp3) is 0.100. The van der Waals surface area contributed by atoms with E-state index >= 15 is 0 Å². The molecule has 0 saturated carbocycles. The van der Waals surface area contributed by atoms with Crippen LogP contribution in [0.25, 0.3) is 0 Å². The average molecular weight is 258 g/mol. The van der Waals surface area contributed by atoms with Gasteiger partial charge in [0.05, 0.1) is 11.3 Å². The molecule has 2 rings (SSSR count). The Hall–Kier alpha value is -2.38. The topological polar surface area (TPSA) is 66.5 Å². The second-order valence-electron chi connectivity index (χ2n) is 3.41. The van der Waals surface area contributed by atoms with Crippen molar-refractivity contribution in [1.29, 1.82) is 0 Å². The molecular formula is C10H5F3N2O3.